The smallest absolute Gasteiger partial charge is 0.122 e. The minimum absolute atomic E-state index is 0.435. The summed E-state index contributed by atoms with van der Waals surface area (Å²) in [6.07, 6.45) is 29.5. The van der Waals surface area contributed by atoms with Gasteiger partial charge in [-0.1, -0.05) is 136 Å². The van der Waals surface area contributed by atoms with Crippen molar-refractivity contribution in [3.63, 3.8) is 0 Å². The van der Waals surface area contributed by atoms with Gasteiger partial charge in [-0.05, 0) is 50.2 Å². The van der Waals surface area contributed by atoms with Crippen molar-refractivity contribution in [3.8, 4) is 11.5 Å². The van der Waals surface area contributed by atoms with Crippen molar-refractivity contribution in [1.29, 1.82) is 0 Å². The summed E-state index contributed by atoms with van der Waals surface area (Å²) in [7, 11) is 0. The van der Waals surface area contributed by atoms with Gasteiger partial charge in [0.1, 0.15) is 11.5 Å². The lowest BCUT2D eigenvalue weighted by atomic mass is 9.91. The van der Waals surface area contributed by atoms with Crippen LogP contribution in [0.1, 0.15) is 172 Å². The van der Waals surface area contributed by atoms with Crippen LogP contribution in [0.4, 0.5) is 0 Å². The first-order valence-electron chi connectivity index (χ1n) is 15.7. The number of unbranched alkanes of at least 4 members (excludes halogenated alkanes) is 18. The van der Waals surface area contributed by atoms with E-state index in [0.717, 1.165) is 55.2 Å². The number of benzene rings is 1. The Bertz CT molecular complexity index is 622. The van der Waals surface area contributed by atoms with Crippen molar-refractivity contribution in [2.24, 2.45) is 0 Å². The highest BCUT2D eigenvalue weighted by Crippen LogP contribution is 2.36. The molecule has 0 aliphatic heterocycles. The van der Waals surface area contributed by atoms with E-state index in [2.05, 4.69) is 20.8 Å². The second-order valence-corrected chi connectivity index (χ2v) is 11.0. The molecule has 2 N–H and O–H groups in total. The van der Waals surface area contributed by atoms with Crippen LogP contribution in [0.3, 0.4) is 0 Å². The molecule has 2 heteroatoms. The van der Waals surface area contributed by atoms with Crippen LogP contribution in [0.25, 0.3) is 0 Å². The summed E-state index contributed by atoms with van der Waals surface area (Å²) in [6, 6.07) is 1.89. The Balaban J connectivity index is 2.67. The van der Waals surface area contributed by atoms with Crippen LogP contribution < -0.4 is 0 Å². The third-order valence-corrected chi connectivity index (χ3v) is 7.68. The van der Waals surface area contributed by atoms with Gasteiger partial charge in [-0.2, -0.15) is 0 Å². The molecular weight excluding hydrogens is 428 g/mol. The Kier molecular flexibility index (Phi) is 20.1. The summed E-state index contributed by atoms with van der Waals surface area (Å²) in [6.45, 7) is 6.79. The Labute approximate surface area is 219 Å². The minimum Gasteiger partial charge on any atom is -0.508 e. The van der Waals surface area contributed by atoms with Crippen molar-refractivity contribution < 1.29 is 10.2 Å². The molecule has 0 spiro atoms. The molecule has 0 atom stereocenters. The van der Waals surface area contributed by atoms with Crippen molar-refractivity contribution in [2.75, 3.05) is 0 Å². The summed E-state index contributed by atoms with van der Waals surface area (Å²) >= 11 is 0. The molecule has 0 aliphatic rings. The van der Waals surface area contributed by atoms with E-state index in [9.17, 15) is 10.2 Å². The summed E-state index contributed by atoms with van der Waals surface area (Å²) in [5.74, 6) is 0.933. The molecule has 1 rings (SSSR count). The van der Waals surface area contributed by atoms with E-state index in [0.29, 0.717) is 11.5 Å². The second kappa shape index (κ2) is 22.1. The van der Waals surface area contributed by atoms with Gasteiger partial charge in [-0.25, -0.2) is 0 Å². The minimum atomic E-state index is 0.435. The fourth-order valence-electron chi connectivity index (χ4n) is 5.34. The van der Waals surface area contributed by atoms with E-state index < -0.39 is 0 Å². The van der Waals surface area contributed by atoms with Gasteiger partial charge in [0.25, 0.3) is 0 Å². The van der Waals surface area contributed by atoms with Crippen molar-refractivity contribution >= 4 is 0 Å². The lowest BCUT2D eigenvalue weighted by Crippen LogP contribution is -2.01. The zero-order valence-electron chi connectivity index (χ0n) is 23.9. The van der Waals surface area contributed by atoms with Crippen LogP contribution in [-0.4, -0.2) is 10.2 Å². The number of aromatic hydroxyl groups is 2. The van der Waals surface area contributed by atoms with E-state index in [4.69, 9.17) is 0 Å². The molecule has 0 heterocycles. The van der Waals surface area contributed by atoms with Gasteiger partial charge in [0, 0.05) is 11.1 Å². The maximum atomic E-state index is 11.2. The van der Waals surface area contributed by atoms with Gasteiger partial charge in [0.05, 0.1) is 0 Å². The van der Waals surface area contributed by atoms with Crippen LogP contribution in [0, 0.1) is 0 Å². The molecule has 0 fully saturated rings. The summed E-state index contributed by atoms with van der Waals surface area (Å²) in [4.78, 5) is 0. The van der Waals surface area contributed by atoms with E-state index in [-0.39, 0.29) is 0 Å². The lowest BCUT2D eigenvalue weighted by molar-refractivity contribution is 0.437. The van der Waals surface area contributed by atoms with E-state index >= 15 is 0 Å². The first-order valence-corrected chi connectivity index (χ1v) is 15.7. The second-order valence-electron chi connectivity index (χ2n) is 11.0. The van der Waals surface area contributed by atoms with Gasteiger partial charge < -0.3 is 10.2 Å². The molecule has 2 nitrogen and oxygen atoms in total. The standard InChI is InChI=1S/C33H60O2/c1-4-7-10-13-16-19-22-25-29-28-32(34)30(26-23-20-17-14-11-8-5-2)31(33(29)35)27-24-21-18-15-12-9-6-3/h28,34-35H,4-27H2,1-3H3. The quantitative estimate of drug-likeness (QED) is 0.112. The van der Waals surface area contributed by atoms with Crippen LogP contribution in [0.15, 0.2) is 6.07 Å². The van der Waals surface area contributed by atoms with Crippen LogP contribution in [0.5, 0.6) is 11.5 Å². The average Bonchev–Trinajstić information content (AvgIpc) is 2.85. The molecule has 1 aromatic carbocycles. The fourth-order valence-corrected chi connectivity index (χ4v) is 5.34. The lowest BCUT2D eigenvalue weighted by Gasteiger charge is -2.17. The number of phenols is 2. The molecule has 35 heavy (non-hydrogen) atoms. The first-order chi connectivity index (χ1) is 17.2. The van der Waals surface area contributed by atoms with Crippen LogP contribution >= 0.6 is 0 Å². The van der Waals surface area contributed by atoms with Gasteiger partial charge in [-0.3, -0.25) is 0 Å². The van der Waals surface area contributed by atoms with Gasteiger partial charge in [0.15, 0.2) is 0 Å². The van der Waals surface area contributed by atoms with Crippen molar-refractivity contribution in [3.05, 3.63) is 22.8 Å². The third kappa shape index (κ3) is 14.8. The molecule has 0 radical (unpaired) electrons. The normalized spacial score (nSPS) is 11.4. The maximum absolute atomic E-state index is 11.2. The van der Waals surface area contributed by atoms with Crippen molar-refractivity contribution in [2.45, 2.75) is 175 Å². The number of hydrogen-bond donors (Lipinski definition) is 2. The summed E-state index contributed by atoms with van der Waals surface area (Å²) in [5.41, 5.74) is 3.06. The molecule has 0 unspecified atom stereocenters. The van der Waals surface area contributed by atoms with Gasteiger partial charge >= 0.3 is 0 Å². The van der Waals surface area contributed by atoms with E-state index in [1.165, 1.54) is 116 Å². The predicted molar refractivity (Wildman–Crippen MR) is 155 cm³/mol. The number of rotatable bonds is 24. The number of aryl methyl sites for hydroxylation is 1. The zero-order chi connectivity index (χ0) is 25.6. The fraction of sp³-hybridized carbons (Fsp3) is 0.818. The highest BCUT2D eigenvalue weighted by atomic mass is 16.3. The highest BCUT2D eigenvalue weighted by Gasteiger charge is 2.17. The monoisotopic (exact) mass is 488 g/mol. The van der Waals surface area contributed by atoms with Crippen molar-refractivity contribution in [1.82, 2.24) is 0 Å². The Morgan fingerprint density at radius 3 is 1.20 bits per heavy atom. The Morgan fingerprint density at radius 2 is 0.771 bits per heavy atom. The predicted octanol–water partition coefficient (Wildman–Crippen LogP) is 11.0. The topological polar surface area (TPSA) is 40.5 Å². The highest BCUT2D eigenvalue weighted by molar-refractivity contribution is 5.53. The molecule has 1 aromatic rings. The molecule has 204 valence electrons. The Morgan fingerprint density at radius 1 is 0.429 bits per heavy atom. The molecule has 0 amide bonds. The number of phenolic OH excluding ortho intramolecular Hbond substituents is 2. The SMILES string of the molecule is CCCCCCCCCc1cc(O)c(CCCCCCCCC)c(CCCCCCCCC)c1O. The Hall–Kier alpha value is -1.18. The average molecular weight is 489 g/mol. The van der Waals surface area contributed by atoms with Crippen LogP contribution in [0.2, 0.25) is 0 Å². The molecule has 0 aliphatic carbocycles. The molecule has 0 aromatic heterocycles. The molecule has 0 saturated heterocycles. The number of hydrogen-bond acceptors (Lipinski definition) is 2. The molecular formula is C33H60O2. The summed E-state index contributed by atoms with van der Waals surface area (Å²) < 4.78 is 0. The van der Waals surface area contributed by atoms with E-state index in [1.807, 2.05) is 6.07 Å². The third-order valence-electron chi connectivity index (χ3n) is 7.68. The zero-order valence-corrected chi connectivity index (χ0v) is 23.9. The summed E-state index contributed by atoms with van der Waals surface area (Å²) in [5, 5.41) is 22.2. The van der Waals surface area contributed by atoms with Gasteiger partial charge in [-0.15, -0.1) is 0 Å². The van der Waals surface area contributed by atoms with Gasteiger partial charge in [0.2, 0.25) is 0 Å². The van der Waals surface area contributed by atoms with E-state index in [1.54, 1.807) is 0 Å². The first kappa shape index (κ1) is 31.8. The van der Waals surface area contributed by atoms with Crippen LogP contribution in [-0.2, 0) is 19.3 Å². The largest absolute Gasteiger partial charge is 0.508 e. The maximum Gasteiger partial charge on any atom is 0.122 e. The molecule has 0 bridgehead atoms. The molecule has 0 saturated carbocycles.